The number of likely N-dealkylation sites (tertiary alicyclic amines) is 1. The van der Waals surface area contributed by atoms with E-state index < -0.39 is 0 Å². The van der Waals surface area contributed by atoms with Gasteiger partial charge in [0.05, 0.1) is 18.4 Å². The fourth-order valence-electron chi connectivity index (χ4n) is 3.09. The summed E-state index contributed by atoms with van der Waals surface area (Å²) in [6, 6.07) is 9.68. The van der Waals surface area contributed by atoms with Gasteiger partial charge in [0.15, 0.2) is 0 Å². The number of alkyl halides is 2. The second-order valence-electron chi connectivity index (χ2n) is 5.46. The Hall–Kier alpha value is -0.680. The maximum atomic E-state index is 12.5. The predicted octanol–water partition coefficient (Wildman–Crippen LogP) is 3.11. The third-order valence-corrected chi connectivity index (χ3v) is 6.92. The molecule has 0 N–H and O–H groups in total. The highest BCUT2D eigenvalue weighted by Crippen LogP contribution is 2.43. The summed E-state index contributed by atoms with van der Waals surface area (Å²) in [5.74, 6) is -0.311. The van der Waals surface area contributed by atoms with Gasteiger partial charge >= 0.3 is 0 Å². The molecule has 1 saturated heterocycles. The van der Waals surface area contributed by atoms with Gasteiger partial charge in [-0.2, -0.15) is 0 Å². The monoisotopic (exact) mass is 399 g/mol. The van der Waals surface area contributed by atoms with Gasteiger partial charge in [0.25, 0.3) is 0 Å². The van der Waals surface area contributed by atoms with Crippen LogP contribution in [0.2, 0.25) is 0 Å². The van der Waals surface area contributed by atoms with Crippen LogP contribution in [0.5, 0.6) is 0 Å². The topological polar surface area (TPSA) is 37.4 Å². The van der Waals surface area contributed by atoms with Gasteiger partial charge in [0.1, 0.15) is 0 Å². The zero-order chi connectivity index (χ0) is 14.3. The maximum Gasteiger partial charge on any atom is 0.233 e. The van der Waals surface area contributed by atoms with E-state index in [1.165, 1.54) is 4.90 Å². The van der Waals surface area contributed by atoms with E-state index in [0.717, 1.165) is 18.4 Å². The van der Waals surface area contributed by atoms with E-state index in [9.17, 15) is 9.59 Å². The lowest BCUT2D eigenvalue weighted by atomic mass is 9.81. The van der Waals surface area contributed by atoms with Gasteiger partial charge in [-0.3, -0.25) is 14.5 Å². The highest BCUT2D eigenvalue weighted by Gasteiger charge is 2.51. The largest absolute Gasteiger partial charge is 0.278 e. The Morgan fingerprint density at radius 2 is 1.45 bits per heavy atom. The molecule has 20 heavy (non-hydrogen) atoms. The summed E-state index contributed by atoms with van der Waals surface area (Å²) < 4.78 is 0. The van der Waals surface area contributed by atoms with Crippen LogP contribution in [-0.4, -0.2) is 26.4 Å². The van der Waals surface area contributed by atoms with Crippen LogP contribution < -0.4 is 0 Å². The molecule has 1 aliphatic heterocycles. The number of benzene rings is 1. The molecule has 1 saturated carbocycles. The summed E-state index contributed by atoms with van der Waals surface area (Å²) in [6.45, 7) is 0.394. The molecule has 3 nitrogen and oxygen atoms in total. The van der Waals surface area contributed by atoms with Crippen molar-refractivity contribution < 1.29 is 9.59 Å². The molecular formula is C15H15Br2NO2. The van der Waals surface area contributed by atoms with Crippen LogP contribution in [0.25, 0.3) is 0 Å². The molecule has 2 amide bonds. The third-order valence-electron chi connectivity index (χ3n) is 4.19. The average molecular weight is 401 g/mol. The number of carbonyl (C=O) groups excluding carboxylic acids is 2. The Kier molecular flexibility index (Phi) is 4.00. The average Bonchev–Trinajstić information content (AvgIpc) is 2.66. The van der Waals surface area contributed by atoms with Gasteiger partial charge in [-0.25, -0.2) is 0 Å². The van der Waals surface area contributed by atoms with Crippen molar-refractivity contribution in [3.63, 3.8) is 0 Å². The van der Waals surface area contributed by atoms with Crippen LogP contribution in [0.3, 0.4) is 0 Å². The van der Waals surface area contributed by atoms with Gasteiger partial charge in [-0.15, -0.1) is 0 Å². The summed E-state index contributed by atoms with van der Waals surface area (Å²) in [5, 5.41) is 0. The Bertz CT molecular complexity index is 506. The molecule has 4 atom stereocenters. The minimum absolute atomic E-state index is 0.00676. The predicted molar refractivity (Wildman–Crippen MR) is 83.6 cm³/mol. The zero-order valence-corrected chi connectivity index (χ0v) is 14.0. The van der Waals surface area contributed by atoms with Crippen LogP contribution in [0.15, 0.2) is 30.3 Å². The fraction of sp³-hybridized carbons (Fsp3) is 0.467. The SMILES string of the molecule is O=C1[C@@H]2C[C@H](Br)[C@@H](Br)C[C@H]2C(=O)N1Cc1ccccc1. The first kappa shape index (κ1) is 14.3. The second-order valence-corrected chi connectivity index (χ2v) is 7.82. The van der Waals surface area contributed by atoms with E-state index in [2.05, 4.69) is 31.9 Å². The Morgan fingerprint density at radius 1 is 0.950 bits per heavy atom. The van der Waals surface area contributed by atoms with Crippen molar-refractivity contribution >= 4 is 43.7 Å². The minimum atomic E-state index is -0.149. The van der Waals surface area contributed by atoms with E-state index in [1.54, 1.807) is 0 Å². The van der Waals surface area contributed by atoms with Crippen molar-refractivity contribution in [2.75, 3.05) is 0 Å². The number of hydrogen-bond acceptors (Lipinski definition) is 2. The van der Waals surface area contributed by atoms with Crippen molar-refractivity contribution in [3.8, 4) is 0 Å². The lowest BCUT2D eigenvalue weighted by Crippen LogP contribution is -2.34. The highest BCUT2D eigenvalue weighted by molar-refractivity contribution is 9.12. The maximum absolute atomic E-state index is 12.5. The summed E-state index contributed by atoms with van der Waals surface area (Å²) in [6.07, 6.45) is 1.47. The quantitative estimate of drug-likeness (QED) is 0.565. The van der Waals surface area contributed by atoms with E-state index >= 15 is 0 Å². The Morgan fingerprint density at radius 3 is 1.95 bits per heavy atom. The summed E-state index contributed by atoms with van der Waals surface area (Å²) in [4.78, 5) is 26.9. The number of nitrogens with zero attached hydrogens (tertiary/aromatic N) is 1. The standard InChI is InChI=1S/C15H15Br2NO2/c16-12-6-10-11(7-13(12)17)15(20)18(14(10)19)8-9-4-2-1-3-5-9/h1-5,10-13H,6-8H2/t10-,11-,12+,13+/m1/s1. The zero-order valence-electron chi connectivity index (χ0n) is 10.8. The highest BCUT2D eigenvalue weighted by atomic mass is 79.9. The van der Waals surface area contributed by atoms with E-state index in [-0.39, 0.29) is 33.3 Å². The number of rotatable bonds is 2. The molecule has 2 fully saturated rings. The van der Waals surface area contributed by atoms with Crippen molar-refractivity contribution in [1.82, 2.24) is 4.90 Å². The number of hydrogen-bond donors (Lipinski definition) is 0. The number of halogens is 2. The van der Waals surface area contributed by atoms with Crippen molar-refractivity contribution in [1.29, 1.82) is 0 Å². The van der Waals surface area contributed by atoms with Gasteiger partial charge in [-0.1, -0.05) is 62.2 Å². The van der Waals surface area contributed by atoms with Gasteiger partial charge in [0.2, 0.25) is 11.8 Å². The molecule has 106 valence electrons. The van der Waals surface area contributed by atoms with Gasteiger partial charge < -0.3 is 0 Å². The molecule has 1 heterocycles. The van der Waals surface area contributed by atoms with Crippen LogP contribution >= 0.6 is 31.9 Å². The van der Waals surface area contributed by atoms with Crippen LogP contribution in [0.4, 0.5) is 0 Å². The molecule has 2 aliphatic rings. The number of amides is 2. The van der Waals surface area contributed by atoms with E-state index in [4.69, 9.17) is 0 Å². The fourth-order valence-corrected chi connectivity index (χ4v) is 4.32. The molecular weight excluding hydrogens is 386 g/mol. The molecule has 0 spiro atoms. The Labute approximate surface area is 135 Å². The van der Waals surface area contributed by atoms with Crippen LogP contribution in [0.1, 0.15) is 18.4 Å². The molecule has 1 aromatic carbocycles. The summed E-state index contributed by atoms with van der Waals surface area (Å²) in [5.41, 5.74) is 0.999. The Balaban J connectivity index is 1.80. The first-order valence-electron chi connectivity index (χ1n) is 6.75. The smallest absolute Gasteiger partial charge is 0.233 e. The summed E-state index contributed by atoms with van der Waals surface area (Å²) in [7, 11) is 0. The van der Waals surface area contributed by atoms with Crippen molar-refractivity contribution in [3.05, 3.63) is 35.9 Å². The van der Waals surface area contributed by atoms with Crippen molar-refractivity contribution in [2.24, 2.45) is 11.8 Å². The molecule has 1 aliphatic carbocycles. The minimum Gasteiger partial charge on any atom is -0.278 e. The molecule has 3 rings (SSSR count). The lowest BCUT2D eigenvalue weighted by molar-refractivity contribution is -0.140. The molecule has 5 heteroatoms. The number of imide groups is 1. The first-order valence-corrected chi connectivity index (χ1v) is 8.58. The van der Waals surface area contributed by atoms with Gasteiger partial charge in [0, 0.05) is 9.65 Å². The van der Waals surface area contributed by atoms with E-state index in [1.807, 2.05) is 30.3 Å². The molecule has 0 bridgehead atoms. The summed E-state index contributed by atoms with van der Waals surface area (Å²) >= 11 is 7.19. The molecule has 1 aromatic rings. The molecule has 0 radical (unpaired) electrons. The van der Waals surface area contributed by atoms with Gasteiger partial charge in [-0.05, 0) is 18.4 Å². The van der Waals surface area contributed by atoms with Crippen LogP contribution in [0, 0.1) is 11.8 Å². The second kappa shape index (κ2) is 5.60. The third kappa shape index (κ3) is 2.46. The van der Waals surface area contributed by atoms with E-state index in [0.29, 0.717) is 6.54 Å². The van der Waals surface area contributed by atoms with Crippen LogP contribution in [-0.2, 0) is 16.1 Å². The van der Waals surface area contributed by atoms with Crippen molar-refractivity contribution in [2.45, 2.75) is 29.0 Å². The number of fused-ring (bicyclic) bond motifs is 1. The first-order chi connectivity index (χ1) is 9.58. The lowest BCUT2D eigenvalue weighted by Gasteiger charge is -2.29. The number of carbonyl (C=O) groups is 2. The normalized spacial score (nSPS) is 33.4. The molecule has 0 unspecified atom stereocenters. The molecule has 0 aromatic heterocycles.